The van der Waals surface area contributed by atoms with Crippen LogP contribution in [-0.4, -0.2) is 53.6 Å². The van der Waals surface area contributed by atoms with Crippen LogP contribution in [0.25, 0.3) is 0 Å². The van der Waals surface area contributed by atoms with E-state index in [1.165, 1.54) is 20.2 Å². The van der Waals surface area contributed by atoms with Gasteiger partial charge in [-0.3, -0.25) is 11.1 Å². The molecular weight excluding hydrogens is 542 g/mol. The molecule has 14 heteroatoms. The highest BCUT2D eigenvalue weighted by atomic mass is 79.9. The fourth-order valence-corrected chi connectivity index (χ4v) is 1.68. The molecule has 0 aliphatic heterocycles. The van der Waals surface area contributed by atoms with Gasteiger partial charge in [0.25, 0.3) is 6.17 Å². The Bertz CT molecular complexity index is 585. The smallest absolute Gasteiger partial charge is 0.352 e. The molecule has 1 aromatic heterocycles. The van der Waals surface area contributed by atoms with Crippen molar-refractivity contribution in [3.05, 3.63) is 21.4 Å². The molecule has 1 rings (SSSR count). The Hall–Kier alpha value is -2.22. The Kier molecular flexibility index (Phi) is 31.8. The number of carboxylic acids is 1. The molecule has 0 aliphatic rings. The first-order chi connectivity index (χ1) is 13.0. The van der Waals surface area contributed by atoms with Crippen molar-refractivity contribution in [2.24, 2.45) is 5.73 Å². The van der Waals surface area contributed by atoms with Crippen molar-refractivity contribution in [2.75, 3.05) is 13.2 Å². The molecule has 0 bridgehead atoms. The number of carbonyl (C=O) groups is 3. The molecule has 0 radical (unpaired) electrons. The Balaban J connectivity index is -0.000000102. The van der Waals surface area contributed by atoms with E-state index in [0.29, 0.717) is 0 Å². The van der Waals surface area contributed by atoms with E-state index in [4.69, 9.17) is 9.90 Å². The monoisotopic (exact) mass is 568 g/mol. The van der Waals surface area contributed by atoms with Crippen LogP contribution in [-0.2, 0) is 23.9 Å². The minimum Gasteiger partial charge on any atom is -0.550 e. The zero-order valence-corrected chi connectivity index (χ0v) is 18.3. The summed E-state index contributed by atoms with van der Waals surface area (Å²) in [4.78, 5) is 37.1. The average Bonchev–Trinajstić information content (AvgIpc) is 2.60. The number of esters is 2. The first-order valence-corrected chi connectivity index (χ1v) is 8.80. The van der Waals surface area contributed by atoms with Crippen LogP contribution in [0.2, 0.25) is 0 Å². The highest BCUT2D eigenvalue weighted by Crippen LogP contribution is 2.17. The normalized spacial score (nSPS) is 8.00. The molecule has 30 heavy (non-hydrogen) atoms. The van der Waals surface area contributed by atoms with E-state index in [1.54, 1.807) is 0 Å². The van der Waals surface area contributed by atoms with Crippen molar-refractivity contribution < 1.29 is 43.2 Å². The minimum absolute atomic E-state index is 0. The number of hydrogen-bond acceptors (Lipinski definition) is 8. The minimum atomic E-state index is -2.31. The van der Waals surface area contributed by atoms with Crippen LogP contribution in [0.15, 0.2) is 15.5 Å². The molecule has 0 saturated carbocycles. The summed E-state index contributed by atoms with van der Waals surface area (Å²) in [6, 6.07) is 0. The second kappa shape index (κ2) is 24.8. The van der Waals surface area contributed by atoms with E-state index < -0.39 is 29.9 Å². The summed E-state index contributed by atoms with van der Waals surface area (Å²) in [7, 11) is 0. The van der Waals surface area contributed by atoms with E-state index in [1.807, 2.05) is 0 Å². The highest BCUT2D eigenvalue weighted by Gasteiger charge is 2.28. The third-order valence-corrected chi connectivity index (χ3v) is 2.80. The van der Waals surface area contributed by atoms with E-state index in [-0.39, 0.29) is 37.3 Å². The summed E-state index contributed by atoms with van der Waals surface area (Å²) in [6.07, 6.45) is -0.0538. The highest BCUT2D eigenvalue weighted by molar-refractivity contribution is 9.11. The number of rotatable bonds is 4. The van der Waals surface area contributed by atoms with E-state index in [2.05, 4.69) is 62.4 Å². The Morgan fingerprint density at radius 2 is 1.43 bits per heavy atom. The quantitative estimate of drug-likeness (QED) is 0.171. The van der Waals surface area contributed by atoms with Gasteiger partial charge in [0.1, 0.15) is 15.5 Å². The molecule has 1 heterocycles. The van der Waals surface area contributed by atoms with Gasteiger partial charge >= 0.3 is 11.9 Å². The second-order valence-electron chi connectivity index (χ2n) is 3.82. The fourth-order valence-electron chi connectivity index (χ4n) is 0.856. The number of hydrogen-bond donors (Lipinski definition) is 2. The van der Waals surface area contributed by atoms with Crippen LogP contribution < -0.4 is 16.2 Å². The molecule has 0 fully saturated rings. The molecule has 176 valence electrons. The molecule has 10 nitrogen and oxygen atoms in total. The van der Waals surface area contributed by atoms with Gasteiger partial charge in [-0.2, -0.15) is 0 Å². The summed E-state index contributed by atoms with van der Waals surface area (Å²) in [5.41, 5.74) is 4.50. The van der Waals surface area contributed by atoms with Crippen LogP contribution in [0, 0.1) is 5.82 Å². The Morgan fingerprint density at radius 3 is 1.63 bits per heavy atom. The van der Waals surface area contributed by atoms with Crippen LogP contribution >= 0.6 is 31.9 Å². The van der Waals surface area contributed by atoms with Crippen molar-refractivity contribution in [3.8, 4) is 0 Å². The van der Waals surface area contributed by atoms with Gasteiger partial charge in [-0.05, 0) is 52.6 Å². The Labute approximate surface area is 191 Å². The van der Waals surface area contributed by atoms with Crippen LogP contribution in [0.1, 0.15) is 35.6 Å². The third-order valence-electron chi connectivity index (χ3n) is 1.69. The zero-order chi connectivity index (χ0) is 22.7. The summed E-state index contributed by atoms with van der Waals surface area (Å²) < 4.78 is 34.0. The van der Waals surface area contributed by atoms with E-state index in [9.17, 15) is 18.4 Å². The van der Waals surface area contributed by atoms with E-state index >= 15 is 0 Å². The van der Waals surface area contributed by atoms with Gasteiger partial charge in [-0.1, -0.05) is 14.9 Å². The predicted octanol–water partition coefficient (Wildman–Crippen LogP) is 0.352. The first-order valence-electron chi connectivity index (χ1n) is 7.21. The van der Waals surface area contributed by atoms with Gasteiger partial charge in [0.15, 0.2) is 5.82 Å². The van der Waals surface area contributed by atoms with Gasteiger partial charge in [0, 0.05) is 5.97 Å². The van der Waals surface area contributed by atoms with Crippen molar-refractivity contribution >= 4 is 56.1 Å². The summed E-state index contributed by atoms with van der Waals surface area (Å²) in [5, 5.41) is 13.4. The molecule has 0 unspecified atom stereocenters. The van der Waals surface area contributed by atoms with Gasteiger partial charge in [-0.25, -0.2) is 28.3 Å². The fraction of sp³-hybridized carbons (Fsp3) is 0.500. The van der Waals surface area contributed by atoms with Gasteiger partial charge in [0.05, 0.1) is 13.2 Å². The van der Waals surface area contributed by atoms with Crippen LogP contribution in [0.3, 0.4) is 0 Å². The predicted molar refractivity (Wildman–Crippen MR) is 112 cm³/mol. The molecule has 0 spiro atoms. The molecule has 0 atom stereocenters. The zero-order valence-electron chi connectivity index (χ0n) is 15.2. The number of carboxylic acid groups (broad SMARTS) is 1. The standard InChI is InChI=1S/C7H11FO4.C4HBr2FN2.C2H4O2.CH4N2.2CH4/c1-3-11-6(9)5(8)7(10)12-4-2;5-3-2(7)4(6)9-1-8-3;1-2(3)4;2-1-3;;/h5H,3-4H2,1-2H3;1H;1H3,(H,3,4);1H,(H3,2,3);2*1H4. The van der Waals surface area contributed by atoms with Crippen molar-refractivity contribution in [2.45, 2.75) is 41.8 Å². The van der Waals surface area contributed by atoms with Gasteiger partial charge in [0.2, 0.25) is 6.34 Å². The number of alkyl halides is 1. The number of nitrogens with zero attached hydrogens (tertiary/aromatic N) is 2. The summed E-state index contributed by atoms with van der Waals surface area (Å²) in [5.74, 6) is -3.95. The molecule has 0 amide bonds. The number of aliphatic carboxylic acids is 1. The molecule has 0 aromatic carbocycles. The molecule has 4 N–H and O–H groups in total. The van der Waals surface area contributed by atoms with Crippen LogP contribution in [0.5, 0.6) is 0 Å². The number of aromatic nitrogens is 2. The van der Waals surface area contributed by atoms with Crippen molar-refractivity contribution in [1.82, 2.24) is 9.97 Å². The molecule has 0 aliphatic carbocycles. The second-order valence-corrected chi connectivity index (χ2v) is 5.32. The lowest BCUT2D eigenvalue weighted by Crippen LogP contribution is -2.33. The number of carbonyl (C=O) groups excluding carboxylic acids is 3. The summed E-state index contributed by atoms with van der Waals surface area (Å²) >= 11 is 5.78. The lowest BCUT2D eigenvalue weighted by Gasteiger charge is -2.05. The SMILES string of the molecule is C.C.CC(=O)[O-].CCOC(=O)C(F)C(=O)OCC.Fc1c(Br)ncnc1Br.NC=[NH2+]. The topological polar surface area (TPSA) is 170 Å². The van der Waals surface area contributed by atoms with Crippen LogP contribution in [0.4, 0.5) is 8.78 Å². The maximum absolute atomic E-state index is 12.6. The molecule has 0 saturated heterocycles. The largest absolute Gasteiger partial charge is 0.550 e. The van der Waals surface area contributed by atoms with E-state index in [0.717, 1.165) is 13.3 Å². The van der Waals surface area contributed by atoms with Gasteiger partial charge < -0.3 is 19.4 Å². The van der Waals surface area contributed by atoms with Crippen molar-refractivity contribution in [1.29, 1.82) is 0 Å². The number of halogens is 4. The van der Waals surface area contributed by atoms with Crippen molar-refractivity contribution in [3.63, 3.8) is 0 Å². The average molecular weight is 570 g/mol. The lowest BCUT2D eigenvalue weighted by molar-refractivity contribution is -0.302. The number of ether oxygens (including phenoxy) is 2. The number of nitrogens with two attached hydrogens (primary N) is 2. The lowest BCUT2D eigenvalue weighted by atomic mass is 10.4. The molecule has 1 aromatic rings. The summed E-state index contributed by atoms with van der Waals surface area (Å²) in [6.45, 7) is 4.10. The maximum Gasteiger partial charge on any atom is 0.352 e. The maximum atomic E-state index is 12.6. The Morgan fingerprint density at radius 1 is 1.17 bits per heavy atom. The van der Waals surface area contributed by atoms with Gasteiger partial charge in [-0.15, -0.1) is 0 Å². The molecular formula is C16H28Br2F2N4O6. The first kappa shape index (κ1) is 38.4. The third kappa shape index (κ3) is 23.8.